The zero-order valence-electron chi connectivity index (χ0n) is 15.6. The maximum atomic E-state index is 12.8. The van der Waals surface area contributed by atoms with Crippen LogP contribution in [0.1, 0.15) is 43.0 Å². The third-order valence-corrected chi connectivity index (χ3v) is 7.32. The Morgan fingerprint density at radius 3 is 2.00 bits per heavy atom. The van der Waals surface area contributed by atoms with Crippen molar-refractivity contribution in [1.82, 2.24) is 14.1 Å². The van der Waals surface area contributed by atoms with Crippen molar-refractivity contribution in [2.45, 2.75) is 37.5 Å². The van der Waals surface area contributed by atoms with E-state index in [0.717, 1.165) is 58.4 Å². The molecule has 0 bridgehead atoms. The lowest BCUT2D eigenvalue weighted by Crippen LogP contribution is -2.48. The molecule has 0 radical (unpaired) electrons. The van der Waals surface area contributed by atoms with Gasteiger partial charge in [-0.3, -0.25) is 4.79 Å². The Morgan fingerprint density at radius 2 is 1.46 bits per heavy atom. The molecule has 0 aliphatic carbocycles. The van der Waals surface area contributed by atoms with E-state index in [1.165, 1.54) is 0 Å². The van der Waals surface area contributed by atoms with Crippen molar-refractivity contribution in [1.29, 1.82) is 0 Å². The molecule has 0 unspecified atom stereocenters. The molecule has 2 fully saturated rings. The van der Waals surface area contributed by atoms with E-state index in [0.29, 0.717) is 18.7 Å². The predicted molar refractivity (Wildman–Crippen MR) is 102 cm³/mol. The molecule has 0 saturated carbocycles. The predicted octanol–water partition coefficient (Wildman–Crippen LogP) is 2.03. The highest BCUT2D eigenvalue weighted by Crippen LogP contribution is 2.21. The van der Waals surface area contributed by atoms with Gasteiger partial charge in [0.15, 0.2) is 0 Å². The molecule has 2 heterocycles. The molecule has 1 aromatic carbocycles. The van der Waals surface area contributed by atoms with Crippen LogP contribution in [-0.2, 0) is 10.0 Å². The fourth-order valence-electron chi connectivity index (χ4n) is 3.65. The SMILES string of the molecule is CCN1CCN(C(=O)c2ccc(S(=O)(=O)N3CCCCCC3)cc2)CC1. The van der Waals surface area contributed by atoms with Gasteiger partial charge in [-0.1, -0.05) is 19.8 Å². The normalized spacial score (nSPS) is 20.7. The molecule has 26 heavy (non-hydrogen) atoms. The zero-order chi connectivity index (χ0) is 18.6. The van der Waals surface area contributed by atoms with Crippen LogP contribution >= 0.6 is 0 Å². The Kier molecular flexibility index (Phi) is 6.32. The Hall–Kier alpha value is -1.44. The molecule has 144 valence electrons. The molecule has 1 amide bonds. The third kappa shape index (κ3) is 4.27. The maximum Gasteiger partial charge on any atom is 0.253 e. The summed E-state index contributed by atoms with van der Waals surface area (Å²) in [6.07, 6.45) is 4.01. The molecule has 3 rings (SSSR count). The van der Waals surface area contributed by atoms with Gasteiger partial charge in [-0.15, -0.1) is 0 Å². The van der Waals surface area contributed by atoms with Gasteiger partial charge in [0.25, 0.3) is 5.91 Å². The molecule has 2 aliphatic rings. The minimum absolute atomic E-state index is 0.0144. The molecular weight excluding hydrogens is 350 g/mol. The summed E-state index contributed by atoms with van der Waals surface area (Å²) in [5.74, 6) is -0.0144. The smallest absolute Gasteiger partial charge is 0.253 e. The third-order valence-electron chi connectivity index (χ3n) is 5.41. The fraction of sp³-hybridized carbons (Fsp3) is 0.632. The number of amides is 1. The van der Waals surface area contributed by atoms with Crippen LogP contribution in [0.2, 0.25) is 0 Å². The Morgan fingerprint density at radius 1 is 0.885 bits per heavy atom. The molecule has 2 aliphatic heterocycles. The van der Waals surface area contributed by atoms with Crippen molar-refractivity contribution in [3.63, 3.8) is 0 Å². The summed E-state index contributed by atoms with van der Waals surface area (Å²) in [5.41, 5.74) is 0.560. The molecule has 0 spiro atoms. The summed E-state index contributed by atoms with van der Waals surface area (Å²) >= 11 is 0. The van der Waals surface area contributed by atoms with Gasteiger partial charge in [0.05, 0.1) is 4.90 Å². The number of benzene rings is 1. The van der Waals surface area contributed by atoms with Crippen LogP contribution in [0.15, 0.2) is 29.2 Å². The number of likely N-dealkylation sites (N-methyl/N-ethyl adjacent to an activating group) is 1. The summed E-state index contributed by atoms with van der Waals surface area (Å²) in [7, 11) is -3.46. The van der Waals surface area contributed by atoms with Crippen molar-refractivity contribution in [3.05, 3.63) is 29.8 Å². The Bertz CT molecular complexity index is 702. The van der Waals surface area contributed by atoms with E-state index < -0.39 is 10.0 Å². The summed E-state index contributed by atoms with van der Waals surface area (Å²) in [6, 6.07) is 6.46. The van der Waals surface area contributed by atoms with Gasteiger partial charge in [0, 0.05) is 44.8 Å². The summed E-state index contributed by atoms with van der Waals surface area (Å²) in [4.78, 5) is 17.1. The fourth-order valence-corrected chi connectivity index (χ4v) is 5.17. The summed E-state index contributed by atoms with van der Waals surface area (Å²) < 4.78 is 27.2. The quantitative estimate of drug-likeness (QED) is 0.803. The van der Waals surface area contributed by atoms with Crippen LogP contribution in [0.5, 0.6) is 0 Å². The molecule has 2 saturated heterocycles. The first-order valence-corrected chi connectivity index (χ1v) is 11.1. The van der Waals surface area contributed by atoms with Crippen molar-refractivity contribution < 1.29 is 13.2 Å². The molecular formula is C19H29N3O3S. The van der Waals surface area contributed by atoms with Crippen LogP contribution in [-0.4, -0.2) is 74.2 Å². The minimum atomic E-state index is -3.46. The second kappa shape index (κ2) is 8.50. The van der Waals surface area contributed by atoms with E-state index in [-0.39, 0.29) is 10.8 Å². The van der Waals surface area contributed by atoms with Crippen molar-refractivity contribution in [2.24, 2.45) is 0 Å². The maximum absolute atomic E-state index is 12.8. The average Bonchev–Trinajstić information content (AvgIpc) is 2.98. The lowest BCUT2D eigenvalue weighted by molar-refractivity contribution is 0.0643. The molecule has 0 atom stereocenters. The van der Waals surface area contributed by atoms with Crippen molar-refractivity contribution in [2.75, 3.05) is 45.8 Å². The van der Waals surface area contributed by atoms with E-state index in [1.807, 2.05) is 4.90 Å². The molecule has 0 N–H and O–H groups in total. The van der Waals surface area contributed by atoms with Crippen molar-refractivity contribution >= 4 is 15.9 Å². The molecule has 6 nitrogen and oxygen atoms in total. The van der Waals surface area contributed by atoms with Crippen LogP contribution < -0.4 is 0 Å². The van der Waals surface area contributed by atoms with Crippen LogP contribution in [0.4, 0.5) is 0 Å². The van der Waals surface area contributed by atoms with Gasteiger partial charge in [-0.2, -0.15) is 4.31 Å². The summed E-state index contributed by atoms with van der Waals surface area (Å²) in [5, 5.41) is 0. The van der Waals surface area contributed by atoms with Crippen molar-refractivity contribution in [3.8, 4) is 0 Å². The first-order valence-electron chi connectivity index (χ1n) is 9.64. The van der Waals surface area contributed by atoms with E-state index >= 15 is 0 Å². The van der Waals surface area contributed by atoms with E-state index in [4.69, 9.17) is 0 Å². The standard InChI is InChI=1S/C19H29N3O3S/c1-2-20-13-15-21(16-14-20)19(23)17-7-9-18(10-8-17)26(24,25)22-11-5-3-4-6-12-22/h7-10H,2-6,11-16H2,1H3. The van der Waals surface area contributed by atoms with Gasteiger partial charge < -0.3 is 9.80 Å². The number of rotatable bonds is 4. The Labute approximate surface area is 156 Å². The molecule has 0 aromatic heterocycles. The van der Waals surface area contributed by atoms with Gasteiger partial charge in [-0.05, 0) is 43.7 Å². The number of carbonyl (C=O) groups is 1. The van der Waals surface area contributed by atoms with E-state index in [9.17, 15) is 13.2 Å². The molecule has 7 heteroatoms. The van der Waals surface area contributed by atoms with Gasteiger partial charge in [0.2, 0.25) is 10.0 Å². The number of piperazine rings is 1. The largest absolute Gasteiger partial charge is 0.336 e. The highest BCUT2D eigenvalue weighted by atomic mass is 32.2. The topological polar surface area (TPSA) is 60.9 Å². The lowest BCUT2D eigenvalue weighted by Gasteiger charge is -2.34. The van der Waals surface area contributed by atoms with E-state index in [2.05, 4.69) is 11.8 Å². The Balaban J connectivity index is 1.68. The number of sulfonamides is 1. The van der Waals surface area contributed by atoms with E-state index in [1.54, 1.807) is 28.6 Å². The first kappa shape index (κ1) is 19.3. The van der Waals surface area contributed by atoms with Crippen LogP contribution in [0.25, 0.3) is 0 Å². The minimum Gasteiger partial charge on any atom is -0.336 e. The van der Waals surface area contributed by atoms with Crippen LogP contribution in [0, 0.1) is 0 Å². The average molecular weight is 380 g/mol. The highest BCUT2D eigenvalue weighted by Gasteiger charge is 2.26. The number of carbonyl (C=O) groups excluding carboxylic acids is 1. The van der Waals surface area contributed by atoms with Gasteiger partial charge in [0.1, 0.15) is 0 Å². The number of nitrogens with zero attached hydrogens (tertiary/aromatic N) is 3. The number of hydrogen-bond donors (Lipinski definition) is 0. The van der Waals surface area contributed by atoms with Gasteiger partial charge in [-0.25, -0.2) is 8.42 Å². The van der Waals surface area contributed by atoms with Gasteiger partial charge >= 0.3 is 0 Å². The van der Waals surface area contributed by atoms with Crippen LogP contribution in [0.3, 0.4) is 0 Å². The first-order chi connectivity index (χ1) is 12.5. The monoisotopic (exact) mass is 379 g/mol. The highest BCUT2D eigenvalue weighted by molar-refractivity contribution is 7.89. The molecule has 1 aromatic rings. The zero-order valence-corrected chi connectivity index (χ0v) is 16.4. The lowest BCUT2D eigenvalue weighted by atomic mass is 10.2. The summed E-state index contributed by atoms with van der Waals surface area (Å²) in [6.45, 7) is 7.54. The second-order valence-corrected chi connectivity index (χ2v) is 9.01. The second-order valence-electron chi connectivity index (χ2n) is 7.07. The number of hydrogen-bond acceptors (Lipinski definition) is 4.